The van der Waals surface area contributed by atoms with Gasteiger partial charge in [-0.15, -0.1) is 0 Å². The molecule has 1 aliphatic heterocycles. The van der Waals surface area contributed by atoms with Crippen molar-refractivity contribution in [1.29, 1.82) is 0 Å². The van der Waals surface area contributed by atoms with Crippen molar-refractivity contribution in [2.75, 3.05) is 18.1 Å². The molecule has 0 radical (unpaired) electrons. The summed E-state index contributed by atoms with van der Waals surface area (Å²) in [6.07, 6.45) is 1.36. The number of nitrogens with zero attached hydrogens (tertiary/aromatic N) is 1. The zero-order chi connectivity index (χ0) is 19.4. The molecule has 0 N–H and O–H groups in total. The zero-order valence-electron chi connectivity index (χ0n) is 15.7. The second-order valence-corrected chi connectivity index (χ2v) is 9.10. The molecule has 146 valence electrons. The van der Waals surface area contributed by atoms with Gasteiger partial charge in [-0.05, 0) is 56.2 Å². The van der Waals surface area contributed by atoms with Crippen LogP contribution in [-0.4, -0.2) is 43.4 Å². The molecular formula is C20H25NO5S. The molecule has 1 atom stereocenters. The Bertz CT molecular complexity index is 885. The minimum absolute atomic E-state index is 0.00384. The van der Waals surface area contributed by atoms with Crippen molar-refractivity contribution in [1.82, 2.24) is 4.90 Å². The van der Waals surface area contributed by atoms with E-state index < -0.39 is 9.84 Å². The highest BCUT2D eigenvalue weighted by Gasteiger charge is 2.35. The fourth-order valence-electron chi connectivity index (χ4n) is 3.21. The molecule has 7 heteroatoms. The van der Waals surface area contributed by atoms with Gasteiger partial charge in [0.05, 0.1) is 24.7 Å². The first-order valence-corrected chi connectivity index (χ1v) is 11.0. The van der Waals surface area contributed by atoms with Crippen LogP contribution in [0.15, 0.2) is 40.8 Å². The highest BCUT2D eigenvalue weighted by Crippen LogP contribution is 2.24. The molecular weight excluding hydrogens is 366 g/mol. The number of ether oxygens (including phenoxy) is 1. The molecule has 1 fully saturated rings. The predicted octanol–water partition coefficient (Wildman–Crippen LogP) is 3.21. The van der Waals surface area contributed by atoms with E-state index in [1.54, 1.807) is 29.2 Å². The summed E-state index contributed by atoms with van der Waals surface area (Å²) in [4.78, 5) is 14.7. The van der Waals surface area contributed by atoms with Gasteiger partial charge in [-0.25, -0.2) is 8.42 Å². The zero-order valence-corrected chi connectivity index (χ0v) is 16.5. The van der Waals surface area contributed by atoms with E-state index in [9.17, 15) is 13.2 Å². The fourth-order valence-corrected chi connectivity index (χ4v) is 4.94. The Labute approximate surface area is 160 Å². The van der Waals surface area contributed by atoms with Crippen LogP contribution in [0.5, 0.6) is 5.75 Å². The van der Waals surface area contributed by atoms with Crippen LogP contribution in [0.4, 0.5) is 0 Å². The summed E-state index contributed by atoms with van der Waals surface area (Å²) in [5, 5.41) is 0. The largest absolute Gasteiger partial charge is 0.494 e. The molecule has 1 amide bonds. The number of furan rings is 1. The van der Waals surface area contributed by atoms with Crippen LogP contribution in [-0.2, 0) is 16.4 Å². The molecule has 3 rings (SSSR count). The molecule has 1 saturated heterocycles. The predicted molar refractivity (Wildman–Crippen MR) is 103 cm³/mol. The number of rotatable bonds is 7. The fraction of sp³-hybridized carbons (Fsp3) is 0.450. The van der Waals surface area contributed by atoms with Gasteiger partial charge in [-0.3, -0.25) is 4.79 Å². The Balaban J connectivity index is 1.81. The molecule has 6 nitrogen and oxygen atoms in total. The molecule has 1 aromatic heterocycles. The lowest BCUT2D eigenvalue weighted by molar-refractivity contribution is 0.0665. The van der Waals surface area contributed by atoms with Gasteiger partial charge in [-0.2, -0.15) is 0 Å². The Hall–Kier alpha value is -2.28. The van der Waals surface area contributed by atoms with E-state index in [-0.39, 0.29) is 30.0 Å². The molecule has 0 saturated carbocycles. The Morgan fingerprint density at radius 2 is 1.96 bits per heavy atom. The van der Waals surface area contributed by atoms with E-state index in [2.05, 4.69) is 0 Å². The van der Waals surface area contributed by atoms with Crippen molar-refractivity contribution >= 4 is 15.7 Å². The van der Waals surface area contributed by atoms with Gasteiger partial charge in [0.1, 0.15) is 17.3 Å². The molecule has 27 heavy (non-hydrogen) atoms. The number of carbonyl (C=O) groups excluding carboxylic acids is 1. The minimum Gasteiger partial charge on any atom is -0.494 e. The summed E-state index contributed by atoms with van der Waals surface area (Å²) in [6, 6.07) is 10.3. The van der Waals surface area contributed by atoms with E-state index in [4.69, 9.17) is 9.15 Å². The quantitative estimate of drug-likeness (QED) is 0.724. The third kappa shape index (κ3) is 4.91. The number of amides is 1. The minimum atomic E-state index is -3.10. The third-order valence-corrected chi connectivity index (χ3v) is 6.36. The van der Waals surface area contributed by atoms with Gasteiger partial charge in [0.15, 0.2) is 9.84 Å². The lowest BCUT2D eigenvalue weighted by Crippen LogP contribution is -2.40. The lowest BCUT2D eigenvalue weighted by Gasteiger charge is -2.27. The van der Waals surface area contributed by atoms with Crippen molar-refractivity contribution in [2.45, 2.75) is 39.3 Å². The normalized spacial score (nSPS) is 18.4. The first-order valence-electron chi connectivity index (χ1n) is 9.17. The van der Waals surface area contributed by atoms with Crippen LogP contribution < -0.4 is 4.74 Å². The second-order valence-electron chi connectivity index (χ2n) is 6.88. The summed E-state index contributed by atoms with van der Waals surface area (Å²) >= 11 is 0. The standard InChI is InChI=1S/C20H25NO5S/c1-3-11-25-18-8-5-16(6-9-18)20(22)21(13-19-7-4-15(2)26-19)17-10-12-27(23,24)14-17/h4-9,17H,3,10-14H2,1-2H3. The van der Waals surface area contributed by atoms with Crippen molar-refractivity contribution in [2.24, 2.45) is 0 Å². The third-order valence-electron chi connectivity index (χ3n) is 4.61. The maximum atomic E-state index is 13.1. The summed E-state index contributed by atoms with van der Waals surface area (Å²) in [6.45, 7) is 4.74. The summed E-state index contributed by atoms with van der Waals surface area (Å²) < 4.78 is 35.0. The van der Waals surface area contributed by atoms with E-state index in [1.165, 1.54) is 0 Å². The van der Waals surface area contributed by atoms with Gasteiger partial charge in [0.2, 0.25) is 0 Å². The average molecular weight is 391 g/mol. The summed E-state index contributed by atoms with van der Waals surface area (Å²) in [5.41, 5.74) is 0.506. The van der Waals surface area contributed by atoms with Crippen LogP contribution in [0.1, 0.15) is 41.6 Å². The number of sulfone groups is 1. The monoisotopic (exact) mass is 391 g/mol. The van der Waals surface area contributed by atoms with Gasteiger partial charge in [0, 0.05) is 11.6 Å². The van der Waals surface area contributed by atoms with Gasteiger partial charge < -0.3 is 14.1 Å². The number of carbonyl (C=O) groups is 1. The number of hydrogen-bond donors (Lipinski definition) is 0. The molecule has 0 aliphatic carbocycles. The summed E-state index contributed by atoms with van der Waals surface area (Å²) in [7, 11) is -3.10. The molecule has 0 bridgehead atoms. The van der Waals surface area contributed by atoms with Crippen molar-refractivity contribution in [3.63, 3.8) is 0 Å². The summed E-state index contributed by atoms with van der Waals surface area (Å²) in [5.74, 6) is 2.03. The molecule has 2 heterocycles. The van der Waals surface area contributed by atoms with Crippen molar-refractivity contribution in [3.8, 4) is 5.75 Å². The SMILES string of the molecule is CCCOc1ccc(C(=O)N(Cc2ccc(C)o2)C2CCS(=O)(=O)C2)cc1. The van der Waals surface area contributed by atoms with Crippen molar-refractivity contribution in [3.05, 3.63) is 53.5 Å². The highest BCUT2D eigenvalue weighted by atomic mass is 32.2. The van der Waals surface area contributed by atoms with E-state index >= 15 is 0 Å². The molecule has 1 aromatic carbocycles. The molecule has 1 unspecified atom stereocenters. The molecule has 2 aromatic rings. The second kappa shape index (κ2) is 8.17. The molecule has 1 aliphatic rings. The van der Waals surface area contributed by atoms with Crippen LogP contribution in [0.2, 0.25) is 0 Å². The first kappa shape index (κ1) is 19.5. The Kier molecular flexibility index (Phi) is 5.89. The van der Waals surface area contributed by atoms with Gasteiger partial charge in [0.25, 0.3) is 5.91 Å². The van der Waals surface area contributed by atoms with E-state index in [0.29, 0.717) is 30.1 Å². The van der Waals surface area contributed by atoms with Crippen LogP contribution in [0.25, 0.3) is 0 Å². The van der Waals surface area contributed by atoms with Gasteiger partial charge in [-0.1, -0.05) is 6.92 Å². The van der Waals surface area contributed by atoms with Crippen LogP contribution in [0.3, 0.4) is 0 Å². The smallest absolute Gasteiger partial charge is 0.254 e. The Morgan fingerprint density at radius 3 is 2.52 bits per heavy atom. The van der Waals surface area contributed by atoms with Crippen LogP contribution >= 0.6 is 0 Å². The van der Waals surface area contributed by atoms with Crippen LogP contribution in [0, 0.1) is 6.92 Å². The number of hydrogen-bond acceptors (Lipinski definition) is 5. The number of aryl methyl sites for hydroxylation is 1. The first-order chi connectivity index (χ1) is 12.9. The average Bonchev–Trinajstić information content (AvgIpc) is 3.22. The van der Waals surface area contributed by atoms with Gasteiger partial charge >= 0.3 is 0 Å². The van der Waals surface area contributed by atoms with E-state index in [0.717, 1.165) is 12.2 Å². The van der Waals surface area contributed by atoms with E-state index in [1.807, 2.05) is 26.0 Å². The maximum Gasteiger partial charge on any atom is 0.254 e. The maximum absolute atomic E-state index is 13.1. The van der Waals surface area contributed by atoms with Crippen molar-refractivity contribution < 1.29 is 22.4 Å². The Morgan fingerprint density at radius 1 is 1.22 bits per heavy atom. The lowest BCUT2D eigenvalue weighted by atomic mass is 10.1. The molecule has 0 spiro atoms. The highest BCUT2D eigenvalue weighted by molar-refractivity contribution is 7.91. The topological polar surface area (TPSA) is 76.8 Å². The number of benzene rings is 1.